The van der Waals surface area contributed by atoms with Crippen molar-refractivity contribution < 1.29 is 9.32 Å². The van der Waals surface area contributed by atoms with E-state index >= 15 is 0 Å². The molecule has 8 nitrogen and oxygen atoms in total. The van der Waals surface area contributed by atoms with Gasteiger partial charge in [0, 0.05) is 23.7 Å². The van der Waals surface area contributed by atoms with E-state index in [4.69, 9.17) is 4.52 Å². The molecule has 3 rings (SSSR count). The van der Waals surface area contributed by atoms with Crippen LogP contribution < -0.4 is 10.6 Å². The first-order valence-electron chi connectivity index (χ1n) is 8.69. The van der Waals surface area contributed by atoms with Gasteiger partial charge in [-0.25, -0.2) is 0 Å². The minimum Gasteiger partial charge on any atom is -0.338 e. The number of anilines is 3. The van der Waals surface area contributed by atoms with Gasteiger partial charge in [-0.2, -0.15) is 4.98 Å². The molecule has 0 saturated heterocycles. The maximum Gasteiger partial charge on any atom is 0.239 e. The van der Waals surface area contributed by atoms with Crippen molar-refractivity contribution in [3.05, 3.63) is 36.0 Å². The van der Waals surface area contributed by atoms with Crippen LogP contribution in [0.1, 0.15) is 51.6 Å². The predicted octanol–water partition coefficient (Wildman–Crippen LogP) is 4.77. The lowest BCUT2D eigenvalue weighted by molar-refractivity contribution is -0.114. The average Bonchev–Trinajstić information content (AvgIpc) is 3.24. The Labute approximate surface area is 171 Å². The highest BCUT2D eigenvalue weighted by atomic mass is 32.2. The number of aromatic nitrogens is 4. The Hall–Kier alpha value is -2.46. The number of thioether (sulfide) groups is 1. The van der Waals surface area contributed by atoms with Gasteiger partial charge in [0.1, 0.15) is 0 Å². The Morgan fingerprint density at radius 1 is 1.25 bits per heavy atom. The van der Waals surface area contributed by atoms with Crippen molar-refractivity contribution in [3.8, 4) is 0 Å². The minimum atomic E-state index is -0.155. The van der Waals surface area contributed by atoms with Crippen LogP contribution in [-0.2, 0) is 10.2 Å². The second-order valence-corrected chi connectivity index (χ2v) is 9.79. The maximum atomic E-state index is 11.2. The van der Waals surface area contributed by atoms with E-state index in [9.17, 15) is 4.79 Å². The van der Waals surface area contributed by atoms with Gasteiger partial charge in [-0.05, 0) is 25.1 Å². The molecule has 0 bridgehead atoms. The summed E-state index contributed by atoms with van der Waals surface area (Å²) in [4.78, 5) is 15.7. The van der Waals surface area contributed by atoms with Gasteiger partial charge in [-0.15, -0.1) is 10.2 Å². The van der Waals surface area contributed by atoms with Crippen molar-refractivity contribution in [2.24, 2.45) is 0 Å². The largest absolute Gasteiger partial charge is 0.338 e. The quantitative estimate of drug-likeness (QED) is 0.551. The fourth-order valence-corrected chi connectivity index (χ4v) is 4.16. The van der Waals surface area contributed by atoms with Crippen molar-refractivity contribution in [3.63, 3.8) is 0 Å². The average molecular weight is 419 g/mol. The van der Waals surface area contributed by atoms with Gasteiger partial charge >= 0.3 is 0 Å². The molecule has 1 atom stereocenters. The molecule has 1 unspecified atom stereocenters. The van der Waals surface area contributed by atoms with E-state index < -0.39 is 0 Å². The summed E-state index contributed by atoms with van der Waals surface area (Å²) >= 11 is 2.95. The smallest absolute Gasteiger partial charge is 0.239 e. The molecule has 0 saturated carbocycles. The van der Waals surface area contributed by atoms with Crippen LogP contribution in [0.5, 0.6) is 0 Å². The molecule has 2 heterocycles. The number of benzene rings is 1. The first-order valence-corrected chi connectivity index (χ1v) is 10.4. The molecule has 0 fully saturated rings. The fourth-order valence-electron chi connectivity index (χ4n) is 2.22. The van der Waals surface area contributed by atoms with Gasteiger partial charge in [0.2, 0.25) is 16.9 Å². The Morgan fingerprint density at radius 2 is 2.00 bits per heavy atom. The number of hydrogen-bond acceptors (Lipinski definition) is 9. The summed E-state index contributed by atoms with van der Waals surface area (Å²) < 4.78 is 6.19. The van der Waals surface area contributed by atoms with Gasteiger partial charge in [0.25, 0.3) is 0 Å². The molecule has 2 N–H and O–H groups in total. The molecule has 0 aliphatic heterocycles. The number of nitrogens with zero attached hydrogens (tertiary/aromatic N) is 4. The summed E-state index contributed by atoms with van der Waals surface area (Å²) in [6.45, 7) is 9.61. The Bertz CT molecular complexity index is 963. The lowest BCUT2D eigenvalue weighted by Gasteiger charge is -2.11. The van der Waals surface area contributed by atoms with E-state index in [1.807, 2.05) is 52.0 Å². The number of nitrogens with one attached hydrogen (secondary N) is 2. The normalized spacial score (nSPS) is 12.6. The number of carbonyl (C=O) groups is 1. The topological polar surface area (TPSA) is 106 Å². The van der Waals surface area contributed by atoms with Crippen LogP contribution in [0, 0.1) is 0 Å². The zero-order chi connectivity index (χ0) is 20.3. The van der Waals surface area contributed by atoms with Crippen LogP contribution in [0.25, 0.3) is 0 Å². The SMILES string of the molecule is CC(=O)Nc1cccc(Nc2nnc(SC(C)c3nc(C(C)(C)C)no3)s2)c1. The number of amides is 1. The summed E-state index contributed by atoms with van der Waals surface area (Å²) in [6.07, 6.45) is 0. The van der Waals surface area contributed by atoms with Gasteiger partial charge in [-0.1, -0.05) is 55.1 Å². The van der Waals surface area contributed by atoms with Gasteiger partial charge in [0.15, 0.2) is 10.2 Å². The van der Waals surface area contributed by atoms with Crippen LogP contribution in [0.2, 0.25) is 0 Å². The third-order valence-electron chi connectivity index (χ3n) is 3.58. The van der Waals surface area contributed by atoms with E-state index in [0.29, 0.717) is 16.8 Å². The van der Waals surface area contributed by atoms with Crippen LogP contribution >= 0.6 is 23.1 Å². The summed E-state index contributed by atoms with van der Waals surface area (Å²) in [5, 5.41) is 19.0. The highest BCUT2D eigenvalue weighted by Crippen LogP contribution is 2.37. The van der Waals surface area contributed by atoms with Gasteiger partial charge in [0.05, 0.1) is 5.25 Å². The Balaban J connectivity index is 1.64. The van der Waals surface area contributed by atoms with E-state index in [-0.39, 0.29) is 16.6 Å². The molecule has 0 aliphatic carbocycles. The van der Waals surface area contributed by atoms with Crippen LogP contribution in [0.4, 0.5) is 16.5 Å². The molecule has 3 aromatic rings. The molecule has 28 heavy (non-hydrogen) atoms. The van der Waals surface area contributed by atoms with Crippen molar-refractivity contribution in [2.45, 2.75) is 49.6 Å². The summed E-state index contributed by atoms with van der Waals surface area (Å²) in [7, 11) is 0. The van der Waals surface area contributed by atoms with Crippen molar-refractivity contribution in [1.29, 1.82) is 0 Å². The third kappa shape index (κ3) is 5.29. The standard InChI is InChI=1S/C18H22N6O2S2/c1-10(14-21-15(24-26-14)18(3,4)5)27-17-23-22-16(28-17)20-13-8-6-7-12(9-13)19-11(2)25/h6-10H,1-5H3,(H,19,25)(H,20,22). The summed E-state index contributed by atoms with van der Waals surface area (Å²) in [6, 6.07) is 7.42. The number of hydrogen-bond donors (Lipinski definition) is 2. The molecule has 10 heteroatoms. The van der Waals surface area contributed by atoms with E-state index in [1.165, 1.54) is 30.0 Å². The van der Waals surface area contributed by atoms with Gasteiger partial charge < -0.3 is 15.2 Å². The Morgan fingerprint density at radius 3 is 2.68 bits per heavy atom. The second kappa shape index (κ2) is 8.27. The maximum absolute atomic E-state index is 11.2. The number of carbonyl (C=O) groups excluding carboxylic acids is 1. The monoisotopic (exact) mass is 418 g/mol. The first kappa shape index (κ1) is 20.3. The molecule has 1 aromatic carbocycles. The minimum absolute atomic E-state index is 0.0347. The molecular formula is C18H22N6O2S2. The molecule has 2 aromatic heterocycles. The molecule has 0 aliphatic rings. The lowest BCUT2D eigenvalue weighted by Crippen LogP contribution is -2.13. The summed E-state index contributed by atoms with van der Waals surface area (Å²) in [5.41, 5.74) is 1.38. The predicted molar refractivity (Wildman–Crippen MR) is 111 cm³/mol. The second-order valence-electron chi connectivity index (χ2n) is 7.23. The fraction of sp³-hybridized carbons (Fsp3) is 0.389. The van der Waals surface area contributed by atoms with Crippen LogP contribution in [-0.4, -0.2) is 26.2 Å². The van der Waals surface area contributed by atoms with Crippen LogP contribution in [0.3, 0.4) is 0 Å². The van der Waals surface area contributed by atoms with E-state index in [2.05, 4.69) is 31.0 Å². The summed E-state index contributed by atoms with van der Waals surface area (Å²) in [5.74, 6) is 1.15. The van der Waals surface area contributed by atoms with E-state index in [1.54, 1.807) is 0 Å². The Kier molecular flexibility index (Phi) is 5.99. The molecule has 0 spiro atoms. The molecule has 0 radical (unpaired) electrons. The third-order valence-corrected chi connectivity index (χ3v) is 5.59. The first-order chi connectivity index (χ1) is 13.2. The lowest BCUT2D eigenvalue weighted by atomic mass is 9.96. The molecule has 148 valence electrons. The van der Waals surface area contributed by atoms with Crippen molar-refractivity contribution >= 4 is 45.5 Å². The van der Waals surface area contributed by atoms with Gasteiger partial charge in [-0.3, -0.25) is 4.79 Å². The van der Waals surface area contributed by atoms with Crippen molar-refractivity contribution in [2.75, 3.05) is 10.6 Å². The molecular weight excluding hydrogens is 396 g/mol. The molecule has 1 amide bonds. The highest BCUT2D eigenvalue weighted by molar-refractivity contribution is 8.01. The van der Waals surface area contributed by atoms with Crippen molar-refractivity contribution in [1.82, 2.24) is 20.3 Å². The van der Waals surface area contributed by atoms with Crippen LogP contribution in [0.15, 0.2) is 33.1 Å². The van der Waals surface area contributed by atoms with E-state index in [0.717, 1.165) is 15.7 Å². The zero-order valence-corrected chi connectivity index (χ0v) is 17.9. The number of rotatable bonds is 6. The zero-order valence-electron chi connectivity index (χ0n) is 16.3. The highest BCUT2D eigenvalue weighted by Gasteiger charge is 2.24.